The van der Waals surface area contributed by atoms with E-state index < -0.39 is 46.6 Å². The molecule has 17 heteroatoms. The van der Waals surface area contributed by atoms with Crippen molar-refractivity contribution in [2.24, 2.45) is 0 Å². The molecule has 0 saturated heterocycles. The van der Waals surface area contributed by atoms with E-state index in [-0.39, 0.29) is 16.6 Å². The number of hydrogen-bond donors (Lipinski definition) is 0. The quantitative estimate of drug-likeness (QED) is 0.205. The Morgan fingerprint density at radius 2 is 0.839 bits per heavy atom. The van der Waals surface area contributed by atoms with E-state index in [0.29, 0.717) is 33.8 Å². The van der Waals surface area contributed by atoms with Crippen LogP contribution in [0.25, 0.3) is 22.3 Å². The summed E-state index contributed by atoms with van der Waals surface area (Å²) in [7, 11) is 2.95. The Bertz CT molecular complexity index is 2280. The second-order valence-corrected chi connectivity index (χ2v) is 10.8. The number of methoxy groups -OCH3 is 2. The number of ether oxygens (including phenoxy) is 6. The summed E-state index contributed by atoms with van der Waals surface area (Å²) in [5.41, 5.74) is 1.05. The molecule has 2 heterocycles. The predicted octanol–water partition coefficient (Wildman–Crippen LogP) is 3.77. The van der Waals surface area contributed by atoms with Crippen molar-refractivity contribution < 1.29 is 47.6 Å². The Hall–Kier alpha value is -7.69. The summed E-state index contributed by atoms with van der Waals surface area (Å²) in [6, 6.07) is 15.7. The SMILES string of the molecule is CC(=O)Oc1cc(OC(C)=O)c(OC(C)=O)c(=O)c(OC(C)=O)c1.COc1ccccc(-c2cncnc2)c1=O.COc1ccccc(-c2cncnc2)c1=O. The lowest BCUT2D eigenvalue weighted by Gasteiger charge is -2.05. The van der Waals surface area contributed by atoms with Crippen LogP contribution in [-0.2, 0) is 19.2 Å². The molecule has 0 radical (unpaired) electrons. The van der Waals surface area contributed by atoms with Gasteiger partial charge in [0, 0.05) is 86.9 Å². The van der Waals surface area contributed by atoms with Crippen LogP contribution in [0, 0.1) is 0 Å². The van der Waals surface area contributed by atoms with Gasteiger partial charge in [0.25, 0.3) is 5.43 Å². The van der Waals surface area contributed by atoms with Crippen molar-refractivity contribution in [3.63, 3.8) is 0 Å². The number of hydrogen-bond acceptors (Lipinski definition) is 17. The van der Waals surface area contributed by atoms with E-state index in [1.54, 1.807) is 73.3 Å². The number of carbonyl (C=O) groups excluding carboxylic acids is 4. The van der Waals surface area contributed by atoms with Crippen LogP contribution < -0.4 is 44.7 Å². The van der Waals surface area contributed by atoms with Crippen LogP contribution in [0.5, 0.6) is 34.5 Å². The second-order valence-electron chi connectivity index (χ2n) is 10.8. The fraction of sp³-hybridized carbons (Fsp3) is 0.154. The molecule has 0 spiro atoms. The van der Waals surface area contributed by atoms with Crippen LogP contribution in [0.4, 0.5) is 0 Å². The molecule has 288 valence electrons. The van der Waals surface area contributed by atoms with Gasteiger partial charge in [-0.1, -0.05) is 36.4 Å². The minimum absolute atomic E-state index is 0.165. The molecule has 2 aromatic heterocycles. The van der Waals surface area contributed by atoms with E-state index in [2.05, 4.69) is 19.9 Å². The molecule has 0 aliphatic carbocycles. The lowest BCUT2D eigenvalue weighted by Crippen LogP contribution is -2.16. The summed E-state index contributed by atoms with van der Waals surface area (Å²) in [5, 5.41) is 0. The zero-order chi connectivity index (χ0) is 41.2. The molecule has 56 heavy (non-hydrogen) atoms. The van der Waals surface area contributed by atoms with Crippen molar-refractivity contribution in [3.8, 4) is 56.8 Å². The molecule has 0 aliphatic rings. The summed E-state index contributed by atoms with van der Waals surface area (Å²) in [6.45, 7) is 4.20. The van der Waals surface area contributed by atoms with Crippen LogP contribution in [0.1, 0.15) is 27.7 Å². The Morgan fingerprint density at radius 1 is 0.464 bits per heavy atom. The highest BCUT2D eigenvalue weighted by Gasteiger charge is 2.20. The minimum atomic E-state index is -1.05. The Kier molecular flexibility index (Phi) is 16.1. The first-order valence-corrected chi connectivity index (χ1v) is 16.1. The third kappa shape index (κ3) is 12.8. The first-order valence-electron chi connectivity index (χ1n) is 16.1. The van der Waals surface area contributed by atoms with Gasteiger partial charge in [0.05, 0.1) is 14.2 Å². The first-order chi connectivity index (χ1) is 26.7. The molecule has 3 aromatic carbocycles. The fourth-order valence-corrected chi connectivity index (χ4v) is 4.39. The number of carbonyl (C=O) groups is 4. The molecule has 0 N–H and O–H groups in total. The molecule has 5 aromatic rings. The molecular weight excluding hydrogens is 732 g/mol. The zero-order valence-corrected chi connectivity index (χ0v) is 30.8. The summed E-state index contributed by atoms with van der Waals surface area (Å²) in [5.74, 6) is -4.66. The monoisotopic (exact) mass is 766 g/mol. The topological polar surface area (TPSA) is 226 Å². The van der Waals surface area contributed by atoms with E-state index >= 15 is 0 Å². The third-order valence-corrected chi connectivity index (χ3v) is 6.58. The average Bonchev–Trinajstić information content (AvgIpc) is 3.51. The van der Waals surface area contributed by atoms with Gasteiger partial charge in [-0.15, -0.1) is 0 Å². The van der Waals surface area contributed by atoms with Gasteiger partial charge in [-0.3, -0.25) is 33.6 Å². The largest absolute Gasteiger partial charge is 0.493 e. The van der Waals surface area contributed by atoms with Crippen LogP contribution in [0.15, 0.2) is 112 Å². The molecule has 0 bridgehead atoms. The smallest absolute Gasteiger partial charge is 0.308 e. The van der Waals surface area contributed by atoms with Crippen molar-refractivity contribution in [2.45, 2.75) is 27.7 Å². The van der Waals surface area contributed by atoms with Crippen LogP contribution in [0.3, 0.4) is 0 Å². The summed E-state index contributed by atoms with van der Waals surface area (Å²) < 4.78 is 29.2. The fourth-order valence-electron chi connectivity index (χ4n) is 4.39. The van der Waals surface area contributed by atoms with Crippen molar-refractivity contribution in [1.29, 1.82) is 0 Å². The molecule has 0 atom stereocenters. The number of esters is 4. The van der Waals surface area contributed by atoms with Gasteiger partial charge in [0.15, 0.2) is 23.0 Å². The maximum Gasteiger partial charge on any atom is 0.308 e. The van der Waals surface area contributed by atoms with Crippen molar-refractivity contribution in [1.82, 2.24) is 19.9 Å². The van der Waals surface area contributed by atoms with E-state index in [9.17, 15) is 33.6 Å². The predicted molar refractivity (Wildman–Crippen MR) is 199 cm³/mol. The molecule has 0 aliphatic heterocycles. The van der Waals surface area contributed by atoms with Crippen molar-refractivity contribution in [2.75, 3.05) is 14.2 Å². The molecule has 0 saturated carbocycles. The molecular formula is C39H34N4O13. The van der Waals surface area contributed by atoms with E-state index in [0.717, 1.165) is 39.8 Å². The molecule has 17 nitrogen and oxygen atoms in total. The van der Waals surface area contributed by atoms with Gasteiger partial charge in [-0.05, 0) is 12.1 Å². The van der Waals surface area contributed by atoms with E-state index in [4.69, 9.17) is 28.4 Å². The third-order valence-electron chi connectivity index (χ3n) is 6.58. The highest BCUT2D eigenvalue weighted by molar-refractivity contribution is 5.76. The molecule has 0 unspecified atom stereocenters. The van der Waals surface area contributed by atoms with Crippen molar-refractivity contribution >= 4 is 23.9 Å². The zero-order valence-electron chi connectivity index (χ0n) is 30.8. The number of rotatable bonds is 8. The summed E-state index contributed by atoms with van der Waals surface area (Å²) in [4.78, 5) is 96.7. The van der Waals surface area contributed by atoms with Crippen LogP contribution in [-0.4, -0.2) is 58.0 Å². The minimum Gasteiger partial charge on any atom is -0.493 e. The van der Waals surface area contributed by atoms with Crippen LogP contribution >= 0.6 is 0 Å². The molecule has 5 rings (SSSR count). The summed E-state index contributed by atoms with van der Waals surface area (Å²) in [6.07, 6.45) is 9.25. The van der Waals surface area contributed by atoms with Gasteiger partial charge < -0.3 is 28.4 Å². The maximum atomic E-state index is 12.4. The van der Waals surface area contributed by atoms with E-state index in [1.807, 2.05) is 0 Å². The highest BCUT2D eigenvalue weighted by Crippen LogP contribution is 2.30. The first kappa shape index (κ1) is 42.7. The average molecular weight is 767 g/mol. The Morgan fingerprint density at radius 3 is 1.23 bits per heavy atom. The van der Waals surface area contributed by atoms with E-state index in [1.165, 1.54) is 26.9 Å². The van der Waals surface area contributed by atoms with Gasteiger partial charge in [-0.25, -0.2) is 19.9 Å². The number of nitrogens with zero attached hydrogens (tertiary/aromatic N) is 4. The standard InChI is InChI=1S/C15H14O9.2C12H10N2O2/c1-7(16)21-11-5-12(22-8(2)17)14(20)15(24-10(4)19)13(6-11)23-9(3)18;2*1-16-11-5-3-2-4-10(12(11)15)9-6-13-8-14-7-9/h5-6H,1-4H3;2*2-8H,1H3. The van der Waals surface area contributed by atoms with Gasteiger partial charge in [0.2, 0.25) is 16.6 Å². The number of aromatic nitrogens is 4. The second kappa shape index (κ2) is 21.1. The van der Waals surface area contributed by atoms with Gasteiger partial charge >= 0.3 is 23.9 Å². The Labute approximate surface area is 318 Å². The van der Waals surface area contributed by atoms with Gasteiger partial charge in [0.1, 0.15) is 18.4 Å². The summed E-state index contributed by atoms with van der Waals surface area (Å²) >= 11 is 0. The molecule has 0 fully saturated rings. The highest BCUT2D eigenvalue weighted by atomic mass is 16.6. The van der Waals surface area contributed by atoms with Crippen LogP contribution in [0.2, 0.25) is 0 Å². The molecule has 0 amide bonds. The van der Waals surface area contributed by atoms with Crippen molar-refractivity contribution in [3.05, 3.63) is 129 Å². The lowest BCUT2D eigenvalue weighted by atomic mass is 10.1. The normalized spacial score (nSPS) is 9.75. The maximum absolute atomic E-state index is 12.4. The lowest BCUT2D eigenvalue weighted by molar-refractivity contribution is -0.134. The van der Waals surface area contributed by atoms with Gasteiger partial charge in [-0.2, -0.15) is 0 Å². The Balaban J connectivity index is 0.000000232.